The van der Waals surface area contributed by atoms with E-state index in [1.54, 1.807) is 12.4 Å². The average molecular weight is 337 g/mol. The fourth-order valence-corrected chi connectivity index (χ4v) is 0.921. The predicted molar refractivity (Wildman–Crippen MR) is 41.8 cm³/mol. The molecule has 0 amide bonds. The summed E-state index contributed by atoms with van der Waals surface area (Å²) in [5.74, 6) is 0. The summed E-state index contributed by atoms with van der Waals surface area (Å²) in [6, 6.07) is 7.67. The normalized spacial score (nSPS) is 9.00. The molecule has 0 saturated carbocycles. The third-order valence-electron chi connectivity index (χ3n) is 1.44. The molecule has 12 heavy (non-hydrogen) atoms. The molecule has 1 radical (unpaired) electrons. The van der Waals surface area contributed by atoms with Crippen molar-refractivity contribution in [3.05, 3.63) is 36.7 Å². The molecular formula is C8H7IrN3. The maximum atomic E-state index is 4.15. The van der Waals surface area contributed by atoms with Crippen LogP contribution in [-0.2, 0) is 20.1 Å². The van der Waals surface area contributed by atoms with Crippen LogP contribution in [0.1, 0.15) is 0 Å². The van der Waals surface area contributed by atoms with Gasteiger partial charge in [0.2, 0.25) is 0 Å². The van der Waals surface area contributed by atoms with Gasteiger partial charge >= 0.3 is 0 Å². The van der Waals surface area contributed by atoms with Gasteiger partial charge in [0.05, 0.1) is 11.4 Å². The van der Waals surface area contributed by atoms with Crippen molar-refractivity contribution < 1.29 is 20.1 Å². The number of rotatable bonds is 1. The Morgan fingerprint density at radius 3 is 2.58 bits per heavy atom. The van der Waals surface area contributed by atoms with Crippen LogP contribution < -0.4 is 0 Å². The van der Waals surface area contributed by atoms with E-state index in [4.69, 9.17) is 0 Å². The maximum absolute atomic E-state index is 4.15. The van der Waals surface area contributed by atoms with E-state index >= 15 is 0 Å². The summed E-state index contributed by atoms with van der Waals surface area (Å²) in [6.07, 6.45) is 3.47. The molecule has 0 aliphatic carbocycles. The number of nitrogens with one attached hydrogen (secondary N) is 1. The topological polar surface area (TPSA) is 41.6 Å². The van der Waals surface area contributed by atoms with Crippen LogP contribution in [0.3, 0.4) is 0 Å². The van der Waals surface area contributed by atoms with E-state index in [0.29, 0.717) is 0 Å². The van der Waals surface area contributed by atoms with Crippen molar-refractivity contribution in [2.24, 2.45) is 0 Å². The third-order valence-corrected chi connectivity index (χ3v) is 1.44. The van der Waals surface area contributed by atoms with E-state index in [9.17, 15) is 0 Å². The molecule has 2 aromatic rings. The number of aromatic nitrogens is 3. The Bertz CT molecular complexity index is 317. The van der Waals surface area contributed by atoms with Crippen LogP contribution in [0.5, 0.6) is 0 Å². The fourth-order valence-electron chi connectivity index (χ4n) is 0.921. The van der Waals surface area contributed by atoms with E-state index < -0.39 is 0 Å². The number of hydrogen-bond acceptors (Lipinski definition) is 2. The van der Waals surface area contributed by atoms with E-state index in [-0.39, 0.29) is 20.1 Å². The minimum atomic E-state index is 0. The zero-order valence-corrected chi connectivity index (χ0v) is 8.59. The Hall–Kier alpha value is -0.991. The summed E-state index contributed by atoms with van der Waals surface area (Å²) in [7, 11) is 0. The van der Waals surface area contributed by atoms with Crippen molar-refractivity contribution in [2.45, 2.75) is 0 Å². The van der Waals surface area contributed by atoms with Crippen molar-refractivity contribution in [3.8, 4) is 11.4 Å². The Kier molecular flexibility index (Phi) is 3.14. The molecule has 0 aliphatic heterocycles. The summed E-state index contributed by atoms with van der Waals surface area (Å²) in [5, 5.41) is 6.67. The molecule has 1 N–H and O–H groups in total. The van der Waals surface area contributed by atoms with E-state index in [2.05, 4.69) is 15.2 Å². The first kappa shape index (κ1) is 9.10. The number of hydrogen-bond donors (Lipinski definition) is 1. The van der Waals surface area contributed by atoms with Gasteiger partial charge in [-0.15, -0.1) is 0 Å². The van der Waals surface area contributed by atoms with Gasteiger partial charge in [0.1, 0.15) is 0 Å². The van der Waals surface area contributed by atoms with Gasteiger partial charge in [0.15, 0.2) is 0 Å². The summed E-state index contributed by atoms with van der Waals surface area (Å²) in [6.45, 7) is 0. The molecule has 63 valence electrons. The van der Waals surface area contributed by atoms with E-state index in [1.165, 1.54) is 0 Å². The van der Waals surface area contributed by atoms with Crippen molar-refractivity contribution in [2.75, 3.05) is 0 Å². The molecule has 2 heterocycles. The second-order valence-electron chi connectivity index (χ2n) is 2.19. The molecule has 0 aromatic carbocycles. The zero-order valence-electron chi connectivity index (χ0n) is 6.19. The van der Waals surface area contributed by atoms with Gasteiger partial charge in [-0.2, -0.15) is 5.10 Å². The van der Waals surface area contributed by atoms with Crippen LogP contribution in [0.25, 0.3) is 11.4 Å². The van der Waals surface area contributed by atoms with Gasteiger partial charge in [0, 0.05) is 32.5 Å². The monoisotopic (exact) mass is 338 g/mol. The smallest absolute Gasteiger partial charge is 0.0880 e. The molecular weight excluding hydrogens is 330 g/mol. The van der Waals surface area contributed by atoms with Gasteiger partial charge in [-0.1, -0.05) is 6.07 Å². The molecule has 0 fully saturated rings. The van der Waals surface area contributed by atoms with Gasteiger partial charge in [-0.3, -0.25) is 10.1 Å². The molecule has 0 atom stereocenters. The Balaban J connectivity index is 0.000000720. The van der Waals surface area contributed by atoms with Gasteiger partial charge < -0.3 is 0 Å². The van der Waals surface area contributed by atoms with Crippen molar-refractivity contribution in [3.63, 3.8) is 0 Å². The molecule has 3 nitrogen and oxygen atoms in total. The summed E-state index contributed by atoms with van der Waals surface area (Å²) in [5.41, 5.74) is 1.87. The van der Waals surface area contributed by atoms with Crippen molar-refractivity contribution >= 4 is 0 Å². The summed E-state index contributed by atoms with van der Waals surface area (Å²) in [4.78, 5) is 4.15. The number of nitrogens with zero attached hydrogens (tertiary/aromatic N) is 2. The van der Waals surface area contributed by atoms with E-state index in [1.807, 2.05) is 24.3 Å². The van der Waals surface area contributed by atoms with Crippen LogP contribution in [0.15, 0.2) is 36.7 Å². The van der Waals surface area contributed by atoms with Crippen LogP contribution in [-0.4, -0.2) is 15.2 Å². The first-order chi connectivity index (χ1) is 5.47. The van der Waals surface area contributed by atoms with Crippen LogP contribution in [0, 0.1) is 0 Å². The first-order valence-corrected chi connectivity index (χ1v) is 3.37. The second kappa shape index (κ2) is 4.14. The fraction of sp³-hybridized carbons (Fsp3) is 0. The quantitative estimate of drug-likeness (QED) is 0.856. The van der Waals surface area contributed by atoms with Gasteiger partial charge in [0.25, 0.3) is 0 Å². The van der Waals surface area contributed by atoms with Crippen LogP contribution in [0.4, 0.5) is 0 Å². The van der Waals surface area contributed by atoms with Crippen LogP contribution >= 0.6 is 0 Å². The molecule has 4 heteroatoms. The molecule has 0 unspecified atom stereocenters. The Morgan fingerprint density at radius 1 is 1.08 bits per heavy atom. The predicted octanol–water partition coefficient (Wildman–Crippen LogP) is 1.47. The second-order valence-corrected chi connectivity index (χ2v) is 2.19. The van der Waals surface area contributed by atoms with E-state index in [0.717, 1.165) is 11.4 Å². The largest absolute Gasteiger partial charge is 0.276 e. The molecule has 0 saturated heterocycles. The summed E-state index contributed by atoms with van der Waals surface area (Å²) < 4.78 is 0. The molecule has 2 aromatic heterocycles. The number of H-pyrrole nitrogens is 1. The molecule has 2 rings (SSSR count). The number of pyridine rings is 1. The minimum absolute atomic E-state index is 0. The Labute approximate surface area is 83.6 Å². The molecule has 0 aliphatic rings. The summed E-state index contributed by atoms with van der Waals surface area (Å²) >= 11 is 0. The molecule has 0 bridgehead atoms. The average Bonchev–Trinajstić information content (AvgIpc) is 2.58. The number of aromatic amines is 1. The van der Waals surface area contributed by atoms with Crippen LogP contribution in [0.2, 0.25) is 0 Å². The minimum Gasteiger partial charge on any atom is -0.276 e. The van der Waals surface area contributed by atoms with Gasteiger partial charge in [-0.05, 0) is 18.2 Å². The SMILES string of the molecule is [Ir].c1ccc(-c2ccn[nH]2)nc1. The standard InChI is InChI=1S/C8H7N3.Ir/c1-2-5-9-7(3-1)8-4-6-10-11-8;/h1-6H,(H,10,11);. The van der Waals surface area contributed by atoms with Gasteiger partial charge in [-0.25, -0.2) is 0 Å². The third kappa shape index (κ3) is 1.78. The zero-order chi connectivity index (χ0) is 7.52. The van der Waals surface area contributed by atoms with Crippen molar-refractivity contribution in [1.29, 1.82) is 0 Å². The van der Waals surface area contributed by atoms with Crippen molar-refractivity contribution in [1.82, 2.24) is 15.2 Å². The maximum Gasteiger partial charge on any atom is 0.0880 e. The Morgan fingerprint density at radius 2 is 2.00 bits per heavy atom. The first-order valence-electron chi connectivity index (χ1n) is 3.37. The molecule has 0 spiro atoms.